The second kappa shape index (κ2) is 9.40. The number of benzene rings is 2. The molecule has 0 aliphatic heterocycles. The summed E-state index contributed by atoms with van der Waals surface area (Å²) >= 11 is 6.92. The molecular formula is C21H20ClN3O2S2. The van der Waals surface area contributed by atoms with E-state index in [-0.39, 0.29) is 11.4 Å². The van der Waals surface area contributed by atoms with Crippen LogP contribution in [0.5, 0.6) is 0 Å². The van der Waals surface area contributed by atoms with E-state index in [4.69, 9.17) is 16.9 Å². The van der Waals surface area contributed by atoms with Crippen molar-refractivity contribution in [1.29, 1.82) is 5.26 Å². The molecule has 1 heterocycles. The van der Waals surface area contributed by atoms with Gasteiger partial charge in [0, 0.05) is 30.4 Å². The number of thiocyanates is 1. The molecule has 0 aliphatic carbocycles. The number of sulfonamides is 1. The van der Waals surface area contributed by atoms with Gasteiger partial charge in [0.25, 0.3) is 10.0 Å². The van der Waals surface area contributed by atoms with Gasteiger partial charge in [0.05, 0.1) is 21.3 Å². The number of hydrogen-bond donors (Lipinski definition) is 0. The van der Waals surface area contributed by atoms with E-state index in [1.807, 2.05) is 42.0 Å². The lowest BCUT2D eigenvalue weighted by molar-refractivity contribution is 0.590. The van der Waals surface area contributed by atoms with E-state index in [1.54, 1.807) is 36.4 Å². The lowest BCUT2D eigenvalue weighted by Crippen LogP contribution is -2.33. The van der Waals surface area contributed by atoms with Crippen LogP contribution in [-0.2, 0) is 10.0 Å². The van der Waals surface area contributed by atoms with Gasteiger partial charge in [-0.05, 0) is 49.7 Å². The number of thioether (sulfide) groups is 1. The smallest absolute Gasteiger partial charge is 0.264 e. The van der Waals surface area contributed by atoms with E-state index in [0.717, 1.165) is 17.3 Å². The summed E-state index contributed by atoms with van der Waals surface area (Å²) in [5, 5.41) is 11.9. The van der Waals surface area contributed by atoms with Crippen LogP contribution in [0.3, 0.4) is 0 Å². The minimum Gasteiger partial charge on any atom is -0.309 e. The Bertz CT molecular complexity index is 1120. The number of rotatable bonds is 8. The minimum atomic E-state index is -3.79. The summed E-state index contributed by atoms with van der Waals surface area (Å²) in [6.45, 7) is 2.16. The van der Waals surface area contributed by atoms with Crippen molar-refractivity contribution >= 4 is 39.1 Å². The Morgan fingerprint density at radius 1 is 1.10 bits per heavy atom. The van der Waals surface area contributed by atoms with E-state index in [9.17, 15) is 8.42 Å². The van der Waals surface area contributed by atoms with Crippen molar-refractivity contribution < 1.29 is 8.42 Å². The van der Waals surface area contributed by atoms with Crippen molar-refractivity contribution in [3.8, 4) is 11.1 Å². The lowest BCUT2D eigenvalue weighted by Gasteiger charge is -2.27. The van der Waals surface area contributed by atoms with Gasteiger partial charge in [-0.1, -0.05) is 29.8 Å². The quantitative estimate of drug-likeness (QED) is 0.272. The van der Waals surface area contributed by atoms with Crippen LogP contribution in [0, 0.1) is 17.6 Å². The Labute approximate surface area is 180 Å². The van der Waals surface area contributed by atoms with Gasteiger partial charge in [-0.15, -0.1) is 11.6 Å². The van der Waals surface area contributed by atoms with E-state index in [1.165, 1.54) is 4.31 Å². The summed E-state index contributed by atoms with van der Waals surface area (Å²) in [5.74, 6) is 0.348. The van der Waals surface area contributed by atoms with Crippen molar-refractivity contribution in [2.24, 2.45) is 0 Å². The fourth-order valence-electron chi connectivity index (χ4n) is 2.98. The molecule has 0 atom stereocenters. The molecule has 8 heteroatoms. The lowest BCUT2D eigenvalue weighted by atomic mass is 10.2. The van der Waals surface area contributed by atoms with Gasteiger partial charge in [-0.2, -0.15) is 5.26 Å². The molecule has 3 aromatic rings. The summed E-state index contributed by atoms with van der Waals surface area (Å²) < 4.78 is 30.2. The number of aromatic nitrogens is 1. The number of para-hydroxylation sites is 2. The number of nitrogens with zero attached hydrogens (tertiary/aromatic N) is 3. The highest BCUT2D eigenvalue weighted by Crippen LogP contribution is 2.33. The molecule has 0 unspecified atom stereocenters. The molecule has 0 aliphatic rings. The number of anilines is 1. The summed E-state index contributed by atoms with van der Waals surface area (Å²) in [6.07, 6.45) is 2.32. The SMILES string of the molecule is Cc1ccc(S(=O)(=O)N(CCCCl)c2ccccc2-n2cccc2SC#N)cc1. The van der Waals surface area contributed by atoms with Gasteiger partial charge in [-0.3, -0.25) is 4.31 Å². The molecule has 0 amide bonds. The van der Waals surface area contributed by atoms with Crippen molar-refractivity contribution in [3.05, 3.63) is 72.4 Å². The number of halogens is 1. The molecule has 3 rings (SSSR count). The highest BCUT2D eigenvalue weighted by atomic mass is 35.5. The van der Waals surface area contributed by atoms with E-state index in [0.29, 0.717) is 28.7 Å². The Morgan fingerprint density at radius 3 is 2.52 bits per heavy atom. The van der Waals surface area contributed by atoms with Gasteiger partial charge in [0.1, 0.15) is 5.40 Å². The largest absolute Gasteiger partial charge is 0.309 e. The van der Waals surface area contributed by atoms with Crippen molar-refractivity contribution in [2.75, 3.05) is 16.7 Å². The summed E-state index contributed by atoms with van der Waals surface area (Å²) in [7, 11) is -3.79. The molecule has 0 N–H and O–H groups in total. The molecule has 0 bridgehead atoms. The predicted octanol–water partition coefficient (Wildman–Crippen LogP) is 5.18. The third kappa shape index (κ3) is 4.61. The molecule has 1 aromatic heterocycles. The van der Waals surface area contributed by atoms with Crippen LogP contribution in [0.1, 0.15) is 12.0 Å². The van der Waals surface area contributed by atoms with Crippen molar-refractivity contribution in [3.63, 3.8) is 0 Å². The third-order valence-electron chi connectivity index (χ3n) is 4.38. The third-order valence-corrected chi connectivity index (χ3v) is 7.10. The van der Waals surface area contributed by atoms with Crippen LogP contribution < -0.4 is 4.31 Å². The van der Waals surface area contributed by atoms with E-state index < -0.39 is 10.0 Å². The topological polar surface area (TPSA) is 66.1 Å². The van der Waals surface area contributed by atoms with Crippen LogP contribution in [-0.4, -0.2) is 25.4 Å². The van der Waals surface area contributed by atoms with Gasteiger partial charge >= 0.3 is 0 Å². The van der Waals surface area contributed by atoms with Gasteiger partial charge in [-0.25, -0.2) is 8.42 Å². The molecule has 150 valence electrons. The Kier molecular flexibility index (Phi) is 6.91. The number of nitriles is 1. The van der Waals surface area contributed by atoms with E-state index in [2.05, 4.69) is 5.40 Å². The minimum absolute atomic E-state index is 0.228. The molecule has 29 heavy (non-hydrogen) atoms. The van der Waals surface area contributed by atoms with Crippen molar-refractivity contribution in [2.45, 2.75) is 23.3 Å². The molecular weight excluding hydrogens is 426 g/mol. The number of alkyl halides is 1. The zero-order chi connectivity index (χ0) is 20.9. The highest BCUT2D eigenvalue weighted by molar-refractivity contribution is 8.03. The zero-order valence-electron chi connectivity index (χ0n) is 15.8. The molecule has 0 spiro atoms. The first-order valence-corrected chi connectivity index (χ1v) is 11.8. The molecule has 0 fully saturated rings. The average molecular weight is 446 g/mol. The Hall–Kier alpha value is -2.40. The van der Waals surface area contributed by atoms with Crippen LogP contribution in [0.2, 0.25) is 0 Å². The summed E-state index contributed by atoms with van der Waals surface area (Å²) in [5.41, 5.74) is 2.21. The second-order valence-corrected chi connectivity index (χ2v) is 9.38. The fourth-order valence-corrected chi connectivity index (χ4v) is 5.12. The first-order valence-electron chi connectivity index (χ1n) is 8.97. The number of aryl methyl sites for hydroxylation is 1. The standard InChI is InChI=1S/C21H20ClN3O2S2/c1-17-9-11-18(12-10-17)29(26,27)25(15-5-13-22)20-7-3-2-6-19(20)24-14-4-8-21(24)28-16-23/h2-4,6-12,14H,5,13,15H2,1H3. The second-order valence-electron chi connectivity index (χ2n) is 6.33. The predicted molar refractivity (Wildman–Crippen MR) is 118 cm³/mol. The van der Waals surface area contributed by atoms with Gasteiger partial charge in [0.15, 0.2) is 0 Å². The monoisotopic (exact) mass is 445 g/mol. The maximum absolute atomic E-state index is 13.5. The Balaban J connectivity index is 2.15. The van der Waals surface area contributed by atoms with E-state index >= 15 is 0 Å². The molecule has 0 saturated carbocycles. The Morgan fingerprint density at radius 2 is 1.83 bits per heavy atom. The highest BCUT2D eigenvalue weighted by Gasteiger charge is 2.27. The normalized spacial score (nSPS) is 11.2. The summed E-state index contributed by atoms with van der Waals surface area (Å²) in [4.78, 5) is 0.228. The maximum Gasteiger partial charge on any atom is 0.264 e. The van der Waals surface area contributed by atoms with Crippen LogP contribution in [0.25, 0.3) is 5.69 Å². The van der Waals surface area contributed by atoms with Gasteiger partial charge in [0.2, 0.25) is 0 Å². The van der Waals surface area contributed by atoms with Crippen LogP contribution in [0.15, 0.2) is 76.8 Å². The first kappa shape index (κ1) is 21.3. The van der Waals surface area contributed by atoms with Gasteiger partial charge < -0.3 is 4.57 Å². The molecule has 0 radical (unpaired) electrons. The van der Waals surface area contributed by atoms with Crippen LogP contribution in [0.4, 0.5) is 5.69 Å². The average Bonchev–Trinajstić information content (AvgIpc) is 3.17. The molecule has 5 nitrogen and oxygen atoms in total. The fraction of sp³-hybridized carbons (Fsp3) is 0.190. The van der Waals surface area contributed by atoms with Crippen LogP contribution >= 0.6 is 23.4 Å². The first-order chi connectivity index (χ1) is 14.0. The maximum atomic E-state index is 13.5. The zero-order valence-corrected chi connectivity index (χ0v) is 18.2. The summed E-state index contributed by atoms with van der Waals surface area (Å²) in [6, 6.07) is 17.7. The molecule has 0 saturated heterocycles. The van der Waals surface area contributed by atoms with Crippen molar-refractivity contribution in [1.82, 2.24) is 4.57 Å². The molecule has 2 aromatic carbocycles. The number of hydrogen-bond acceptors (Lipinski definition) is 4.